The number of rotatable bonds is 8. The molecule has 12 nitrogen and oxygen atoms in total. The number of carbonyl (C=O) groups is 2. The number of amides is 1. The predicted octanol–water partition coefficient (Wildman–Crippen LogP) is 1.98. The largest absolute Gasteiger partial charge is 0.481 e. The van der Waals surface area contributed by atoms with Crippen molar-refractivity contribution in [1.82, 2.24) is 9.36 Å². The van der Waals surface area contributed by atoms with E-state index in [9.17, 15) is 32.9 Å². The predicted molar refractivity (Wildman–Crippen MR) is 120 cm³/mol. The van der Waals surface area contributed by atoms with Gasteiger partial charge in [-0.2, -0.15) is 4.31 Å². The van der Waals surface area contributed by atoms with Gasteiger partial charge in [-0.15, -0.1) is 0 Å². The number of nitro groups is 1. The molecule has 0 aliphatic carbocycles. The molecule has 13 heteroatoms. The van der Waals surface area contributed by atoms with Crippen molar-refractivity contribution in [3.63, 3.8) is 0 Å². The van der Waals surface area contributed by atoms with Crippen LogP contribution in [0.4, 0.5) is 11.4 Å². The molecule has 0 bridgehead atoms. The Bertz CT molecular complexity index is 1440. The highest BCUT2D eigenvalue weighted by molar-refractivity contribution is 7.93. The second kappa shape index (κ2) is 9.31. The lowest BCUT2D eigenvalue weighted by atomic mass is 10.3. The molecule has 0 fully saturated rings. The fraction of sp³-hybridized carbons (Fsp3) is 0.190. The number of nitrogens with zero attached hydrogens (tertiary/aromatic N) is 4. The lowest BCUT2D eigenvalue weighted by Crippen LogP contribution is -2.40. The Hall–Kier alpha value is -4.26. The molecule has 2 aromatic carbocycles. The molecule has 0 spiro atoms. The van der Waals surface area contributed by atoms with Crippen LogP contribution in [0.5, 0.6) is 0 Å². The summed E-state index contributed by atoms with van der Waals surface area (Å²) in [5, 5.41) is 20.5. The van der Waals surface area contributed by atoms with Gasteiger partial charge < -0.3 is 5.11 Å². The number of carboxylic acid groups (broad SMARTS) is 1. The summed E-state index contributed by atoms with van der Waals surface area (Å²) < 4.78 is 29.8. The molecule has 0 aliphatic heterocycles. The van der Waals surface area contributed by atoms with Crippen LogP contribution >= 0.6 is 0 Å². The number of aromatic nitrogens is 2. The van der Waals surface area contributed by atoms with Gasteiger partial charge >= 0.3 is 5.97 Å². The Labute approximate surface area is 193 Å². The smallest absolute Gasteiger partial charge is 0.303 e. The molecule has 34 heavy (non-hydrogen) atoms. The number of hydrogen-bond donors (Lipinski definition) is 1. The van der Waals surface area contributed by atoms with Crippen LogP contribution < -0.4 is 9.86 Å². The van der Waals surface area contributed by atoms with Crippen LogP contribution in [0.25, 0.3) is 5.69 Å². The minimum atomic E-state index is -4.99. The summed E-state index contributed by atoms with van der Waals surface area (Å²) in [6, 6.07) is 12.6. The van der Waals surface area contributed by atoms with Gasteiger partial charge in [0.25, 0.3) is 21.3 Å². The number of aliphatic carboxylic acids is 1. The molecule has 1 amide bonds. The molecule has 1 N–H and O–H groups in total. The topological polar surface area (TPSA) is 162 Å². The van der Waals surface area contributed by atoms with Gasteiger partial charge in [-0.25, -0.2) is 13.1 Å². The summed E-state index contributed by atoms with van der Waals surface area (Å²) in [6.07, 6.45) is -1.46. The van der Waals surface area contributed by atoms with Crippen LogP contribution in [-0.4, -0.2) is 39.7 Å². The van der Waals surface area contributed by atoms with E-state index in [0.29, 0.717) is 5.69 Å². The van der Waals surface area contributed by atoms with Crippen LogP contribution in [0.15, 0.2) is 64.3 Å². The summed E-state index contributed by atoms with van der Waals surface area (Å²) >= 11 is 0. The van der Waals surface area contributed by atoms with Gasteiger partial charge in [0.05, 0.1) is 22.7 Å². The first-order valence-electron chi connectivity index (χ1n) is 9.86. The summed E-state index contributed by atoms with van der Waals surface area (Å²) in [4.78, 5) is 47.3. The van der Waals surface area contributed by atoms with E-state index in [1.54, 1.807) is 30.3 Å². The number of nitro benzene ring substituents is 1. The fourth-order valence-corrected chi connectivity index (χ4v) is 5.07. The van der Waals surface area contributed by atoms with Gasteiger partial charge in [0.1, 0.15) is 5.69 Å². The summed E-state index contributed by atoms with van der Waals surface area (Å²) in [7, 11) is -3.51. The molecule has 3 aromatic rings. The first-order valence-corrected chi connectivity index (χ1v) is 11.3. The number of hydrogen-bond acceptors (Lipinski definition) is 7. The van der Waals surface area contributed by atoms with E-state index < -0.39 is 61.5 Å². The molecule has 0 radical (unpaired) electrons. The number of anilines is 1. The van der Waals surface area contributed by atoms with Crippen molar-refractivity contribution in [2.24, 2.45) is 7.05 Å². The quantitative estimate of drug-likeness (QED) is 0.372. The Morgan fingerprint density at radius 1 is 1.06 bits per heavy atom. The summed E-state index contributed by atoms with van der Waals surface area (Å²) in [5.74, 6) is -2.57. The SMILES string of the molecule is Cc1c(N(C(=O)CCC(=O)O)S(=O)(=O)c2ccccc2[N+](=O)[O-])c(=O)n(-c2ccccc2)n1C. The summed E-state index contributed by atoms with van der Waals surface area (Å²) in [5.41, 5.74) is -1.78. The third-order valence-electron chi connectivity index (χ3n) is 5.09. The van der Waals surface area contributed by atoms with Crippen molar-refractivity contribution in [2.45, 2.75) is 24.7 Å². The molecule has 0 saturated carbocycles. The maximum atomic E-state index is 13.6. The van der Waals surface area contributed by atoms with Crippen LogP contribution in [0.1, 0.15) is 18.5 Å². The molecule has 1 aromatic heterocycles. The lowest BCUT2D eigenvalue weighted by molar-refractivity contribution is -0.387. The third-order valence-corrected chi connectivity index (χ3v) is 6.85. The van der Waals surface area contributed by atoms with Crippen molar-refractivity contribution in [3.8, 4) is 5.69 Å². The Kier molecular flexibility index (Phi) is 6.68. The fourth-order valence-electron chi connectivity index (χ4n) is 3.41. The highest BCUT2D eigenvalue weighted by Gasteiger charge is 2.39. The third kappa shape index (κ3) is 4.32. The van der Waals surface area contributed by atoms with Crippen molar-refractivity contribution >= 4 is 33.3 Å². The van der Waals surface area contributed by atoms with Gasteiger partial charge in [-0.1, -0.05) is 30.3 Å². The average molecular weight is 488 g/mol. The molecular weight excluding hydrogens is 468 g/mol. The molecule has 0 unspecified atom stereocenters. The van der Waals surface area contributed by atoms with E-state index in [2.05, 4.69) is 0 Å². The molecular formula is C21H20N4O8S. The van der Waals surface area contributed by atoms with E-state index in [-0.39, 0.29) is 10.00 Å². The van der Waals surface area contributed by atoms with E-state index in [0.717, 1.165) is 16.8 Å². The normalized spacial score (nSPS) is 11.2. The Morgan fingerprint density at radius 3 is 2.24 bits per heavy atom. The van der Waals surface area contributed by atoms with E-state index in [4.69, 9.17) is 5.11 Å². The van der Waals surface area contributed by atoms with Gasteiger partial charge in [-0.3, -0.25) is 29.2 Å². The highest BCUT2D eigenvalue weighted by Crippen LogP contribution is 2.31. The monoisotopic (exact) mass is 488 g/mol. The second-order valence-corrected chi connectivity index (χ2v) is 8.95. The van der Waals surface area contributed by atoms with Crippen molar-refractivity contribution < 1.29 is 28.0 Å². The Balaban J connectivity index is 2.32. The second-order valence-electron chi connectivity index (χ2n) is 7.19. The average Bonchev–Trinajstić information content (AvgIpc) is 3.01. The number of para-hydroxylation sites is 2. The molecule has 1 heterocycles. The standard InChI is InChI=1S/C21H20N4O8S/c1-14-20(21(29)23(22(14)2)15-8-4-3-5-9-15)24(18(26)12-13-19(27)28)34(32,33)17-11-7-6-10-16(17)25(30)31/h3-11H,12-13H2,1-2H3,(H,27,28). The van der Waals surface area contributed by atoms with Gasteiger partial charge in [0.15, 0.2) is 4.90 Å². The summed E-state index contributed by atoms with van der Waals surface area (Å²) in [6.45, 7) is 1.41. The zero-order valence-corrected chi connectivity index (χ0v) is 18.9. The van der Waals surface area contributed by atoms with Gasteiger partial charge in [0, 0.05) is 19.5 Å². The zero-order chi connectivity index (χ0) is 25.2. The highest BCUT2D eigenvalue weighted by atomic mass is 32.2. The van der Waals surface area contributed by atoms with Crippen molar-refractivity contribution in [1.29, 1.82) is 0 Å². The first kappa shape index (κ1) is 24.4. The molecule has 0 aliphatic rings. The first-order chi connectivity index (χ1) is 16.0. The van der Waals surface area contributed by atoms with Crippen molar-refractivity contribution in [3.05, 3.63) is 80.8 Å². The van der Waals surface area contributed by atoms with Crippen LogP contribution in [0, 0.1) is 17.0 Å². The van der Waals surface area contributed by atoms with E-state index in [1.807, 2.05) is 0 Å². The minimum Gasteiger partial charge on any atom is -0.481 e. The van der Waals surface area contributed by atoms with E-state index >= 15 is 0 Å². The maximum absolute atomic E-state index is 13.6. The maximum Gasteiger partial charge on any atom is 0.303 e. The van der Waals surface area contributed by atoms with Crippen LogP contribution in [0.2, 0.25) is 0 Å². The zero-order valence-electron chi connectivity index (χ0n) is 18.1. The van der Waals surface area contributed by atoms with Gasteiger partial charge in [-0.05, 0) is 25.1 Å². The lowest BCUT2D eigenvalue weighted by Gasteiger charge is -2.21. The van der Waals surface area contributed by atoms with Crippen LogP contribution in [-0.2, 0) is 26.7 Å². The van der Waals surface area contributed by atoms with E-state index in [1.165, 1.54) is 30.8 Å². The number of carboxylic acids is 1. The van der Waals surface area contributed by atoms with Crippen LogP contribution in [0.3, 0.4) is 0 Å². The number of benzene rings is 2. The molecule has 3 rings (SSSR count). The number of carbonyl (C=O) groups excluding carboxylic acids is 1. The number of sulfonamides is 1. The molecule has 0 atom stereocenters. The molecule has 0 saturated heterocycles. The Morgan fingerprint density at radius 2 is 1.65 bits per heavy atom. The molecule has 178 valence electrons. The minimum absolute atomic E-state index is 0.0692. The van der Waals surface area contributed by atoms with Crippen molar-refractivity contribution in [2.75, 3.05) is 4.31 Å². The van der Waals surface area contributed by atoms with Gasteiger partial charge in [0.2, 0.25) is 5.91 Å².